The number of nitrogens with one attached hydrogen (secondary N) is 1. The first-order valence-electron chi connectivity index (χ1n) is 11.1. The SMILES string of the molecule is CC(C)NC(=O)c1cc([C@@H]2CN(Cc3cccnc3N(C)C)CCO2)nc2ccccc12. The van der Waals surface area contributed by atoms with Crippen molar-refractivity contribution >= 4 is 22.6 Å². The van der Waals surface area contributed by atoms with Crippen LogP contribution in [0.1, 0.15) is 41.6 Å². The third-order valence-electron chi connectivity index (χ3n) is 5.57. The predicted molar refractivity (Wildman–Crippen MR) is 127 cm³/mol. The molecule has 0 bridgehead atoms. The van der Waals surface area contributed by atoms with Crippen molar-refractivity contribution in [3.8, 4) is 0 Å². The van der Waals surface area contributed by atoms with E-state index in [4.69, 9.17) is 9.72 Å². The van der Waals surface area contributed by atoms with Crippen molar-refractivity contribution in [3.63, 3.8) is 0 Å². The Morgan fingerprint density at radius 2 is 2.06 bits per heavy atom. The monoisotopic (exact) mass is 433 g/mol. The molecule has 4 rings (SSSR count). The molecule has 7 nitrogen and oxygen atoms in total. The van der Waals surface area contributed by atoms with E-state index in [1.807, 2.05) is 75.4 Å². The van der Waals surface area contributed by atoms with Crippen LogP contribution < -0.4 is 10.2 Å². The minimum atomic E-state index is -0.196. The van der Waals surface area contributed by atoms with E-state index in [1.165, 1.54) is 5.56 Å². The van der Waals surface area contributed by atoms with Crippen LogP contribution in [0, 0.1) is 0 Å². The van der Waals surface area contributed by atoms with Crippen LogP contribution in [-0.4, -0.2) is 60.6 Å². The normalized spacial score (nSPS) is 17.0. The van der Waals surface area contributed by atoms with E-state index in [0.717, 1.165) is 35.5 Å². The number of carbonyl (C=O) groups excluding carboxylic acids is 1. The highest BCUT2D eigenvalue weighted by Crippen LogP contribution is 2.27. The van der Waals surface area contributed by atoms with Gasteiger partial charge in [0, 0.05) is 56.9 Å². The maximum atomic E-state index is 12.9. The average molecular weight is 434 g/mol. The summed E-state index contributed by atoms with van der Waals surface area (Å²) in [6, 6.07) is 13.8. The minimum Gasteiger partial charge on any atom is -0.369 e. The molecule has 1 aromatic carbocycles. The number of pyridine rings is 2. The van der Waals surface area contributed by atoms with Crippen molar-refractivity contribution in [1.82, 2.24) is 20.2 Å². The Kier molecular flexibility index (Phi) is 6.67. The van der Waals surface area contributed by atoms with Gasteiger partial charge >= 0.3 is 0 Å². The van der Waals surface area contributed by atoms with Gasteiger partial charge in [-0.2, -0.15) is 0 Å². The first kappa shape index (κ1) is 22.2. The molecule has 0 saturated carbocycles. The number of nitrogens with zero attached hydrogens (tertiary/aromatic N) is 4. The molecule has 1 atom stereocenters. The zero-order valence-electron chi connectivity index (χ0n) is 19.2. The summed E-state index contributed by atoms with van der Waals surface area (Å²) < 4.78 is 6.11. The summed E-state index contributed by atoms with van der Waals surface area (Å²) in [5.74, 6) is 0.894. The molecular formula is C25H31N5O2. The molecule has 7 heteroatoms. The van der Waals surface area contributed by atoms with Crippen LogP contribution in [0.5, 0.6) is 0 Å². The lowest BCUT2D eigenvalue weighted by molar-refractivity contribution is -0.0348. The number of hydrogen-bond donors (Lipinski definition) is 1. The number of carbonyl (C=O) groups is 1. The molecule has 1 aliphatic heterocycles. The van der Waals surface area contributed by atoms with Crippen LogP contribution in [0.2, 0.25) is 0 Å². The summed E-state index contributed by atoms with van der Waals surface area (Å²) >= 11 is 0. The van der Waals surface area contributed by atoms with E-state index >= 15 is 0 Å². The molecule has 32 heavy (non-hydrogen) atoms. The molecule has 1 fully saturated rings. The number of aromatic nitrogens is 2. The van der Waals surface area contributed by atoms with Gasteiger partial charge in [-0.1, -0.05) is 24.3 Å². The molecule has 1 saturated heterocycles. The highest BCUT2D eigenvalue weighted by Gasteiger charge is 2.26. The van der Waals surface area contributed by atoms with E-state index in [2.05, 4.69) is 21.3 Å². The highest BCUT2D eigenvalue weighted by molar-refractivity contribution is 6.06. The van der Waals surface area contributed by atoms with Crippen LogP contribution in [-0.2, 0) is 11.3 Å². The fraction of sp³-hybridized carbons (Fsp3) is 0.400. The molecule has 2 aromatic heterocycles. The molecule has 1 amide bonds. The summed E-state index contributed by atoms with van der Waals surface area (Å²) in [5.41, 5.74) is 3.42. The molecule has 3 heterocycles. The fourth-order valence-corrected chi connectivity index (χ4v) is 4.11. The fourth-order valence-electron chi connectivity index (χ4n) is 4.11. The molecular weight excluding hydrogens is 402 g/mol. The van der Waals surface area contributed by atoms with Gasteiger partial charge < -0.3 is 15.0 Å². The van der Waals surface area contributed by atoms with Crippen LogP contribution in [0.3, 0.4) is 0 Å². The smallest absolute Gasteiger partial charge is 0.252 e. The van der Waals surface area contributed by atoms with Crippen molar-refractivity contribution < 1.29 is 9.53 Å². The molecule has 168 valence electrons. The summed E-state index contributed by atoms with van der Waals surface area (Å²) in [4.78, 5) is 26.7. The Hall–Kier alpha value is -3.03. The van der Waals surface area contributed by atoms with Gasteiger partial charge in [-0.15, -0.1) is 0 Å². The number of morpholine rings is 1. The lowest BCUT2D eigenvalue weighted by atomic mass is 10.0. The average Bonchev–Trinajstić information content (AvgIpc) is 2.78. The maximum absolute atomic E-state index is 12.9. The molecule has 0 unspecified atom stereocenters. The molecule has 1 N–H and O–H groups in total. The van der Waals surface area contributed by atoms with Gasteiger partial charge in [0.2, 0.25) is 0 Å². The second-order valence-electron chi connectivity index (χ2n) is 8.72. The molecule has 0 radical (unpaired) electrons. The van der Waals surface area contributed by atoms with Crippen molar-refractivity contribution in [3.05, 3.63) is 65.5 Å². The minimum absolute atomic E-state index is 0.0599. The van der Waals surface area contributed by atoms with E-state index in [0.29, 0.717) is 18.7 Å². The molecule has 3 aromatic rings. The Morgan fingerprint density at radius 3 is 2.84 bits per heavy atom. The summed E-state index contributed by atoms with van der Waals surface area (Å²) in [7, 11) is 4.02. The third-order valence-corrected chi connectivity index (χ3v) is 5.57. The molecule has 0 spiro atoms. The zero-order chi connectivity index (χ0) is 22.7. The topological polar surface area (TPSA) is 70.6 Å². The second kappa shape index (κ2) is 9.63. The molecule has 1 aliphatic rings. The Bertz CT molecular complexity index is 1100. The van der Waals surface area contributed by atoms with E-state index in [-0.39, 0.29) is 18.1 Å². The largest absolute Gasteiger partial charge is 0.369 e. The van der Waals surface area contributed by atoms with Crippen molar-refractivity contribution in [2.45, 2.75) is 32.5 Å². The number of para-hydroxylation sites is 1. The van der Waals surface area contributed by atoms with Crippen molar-refractivity contribution in [2.24, 2.45) is 0 Å². The van der Waals surface area contributed by atoms with Gasteiger partial charge in [0.25, 0.3) is 5.91 Å². The number of rotatable bonds is 6. The Morgan fingerprint density at radius 1 is 1.25 bits per heavy atom. The van der Waals surface area contributed by atoms with Crippen LogP contribution in [0.25, 0.3) is 10.9 Å². The lowest BCUT2D eigenvalue weighted by Crippen LogP contribution is -2.38. The number of anilines is 1. The summed E-state index contributed by atoms with van der Waals surface area (Å²) in [5, 5.41) is 3.86. The Balaban J connectivity index is 1.61. The van der Waals surface area contributed by atoms with Gasteiger partial charge in [0.05, 0.1) is 23.4 Å². The van der Waals surface area contributed by atoms with E-state index in [1.54, 1.807) is 0 Å². The quantitative estimate of drug-likeness (QED) is 0.643. The maximum Gasteiger partial charge on any atom is 0.252 e. The highest BCUT2D eigenvalue weighted by atomic mass is 16.5. The van der Waals surface area contributed by atoms with Gasteiger partial charge in [0.1, 0.15) is 11.9 Å². The second-order valence-corrected chi connectivity index (χ2v) is 8.72. The Labute approximate surface area is 189 Å². The number of hydrogen-bond acceptors (Lipinski definition) is 6. The summed E-state index contributed by atoms with van der Waals surface area (Å²) in [6.45, 7) is 6.88. The number of ether oxygens (including phenoxy) is 1. The van der Waals surface area contributed by atoms with Gasteiger partial charge in [-0.05, 0) is 32.0 Å². The van der Waals surface area contributed by atoms with E-state index in [9.17, 15) is 4.79 Å². The van der Waals surface area contributed by atoms with Crippen molar-refractivity contribution in [2.75, 3.05) is 38.7 Å². The van der Waals surface area contributed by atoms with Gasteiger partial charge in [-0.3, -0.25) is 9.69 Å². The van der Waals surface area contributed by atoms with E-state index < -0.39 is 0 Å². The van der Waals surface area contributed by atoms with Crippen LogP contribution in [0.4, 0.5) is 5.82 Å². The van der Waals surface area contributed by atoms with Crippen LogP contribution >= 0.6 is 0 Å². The van der Waals surface area contributed by atoms with Crippen LogP contribution in [0.15, 0.2) is 48.7 Å². The third kappa shape index (κ3) is 4.89. The summed E-state index contributed by atoms with van der Waals surface area (Å²) in [6.07, 6.45) is 1.63. The molecule has 0 aliphatic carbocycles. The zero-order valence-corrected chi connectivity index (χ0v) is 19.2. The predicted octanol–water partition coefficient (Wildman–Crippen LogP) is 3.41. The number of amides is 1. The lowest BCUT2D eigenvalue weighted by Gasteiger charge is -2.33. The first-order valence-corrected chi connectivity index (χ1v) is 11.1. The van der Waals surface area contributed by atoms with Gasteiger partial charge in [-0.25, -0.2) is 9.97 Å². The van der Waals surface area contributed by atoms with Gasteiger partial charge in [0.15, 0.2) is 0 Å². The standard InChI is InChI=1S/C25H31N5O2/c1-17(2)27-25(31)20-14-22(28-21-10-6-5-9-19(20)21)23-16-30(12-13-32-23)15-18-8-7-11-26-24(18)29(3)4/h5-11,14,17,23H,12-13,15-16H2,1-4H3,(H,27,31)/t23-/m0/s1. The first-order chi connectivity index (χ1) is 15.4. The number of fused-ring (bicyclic) bond motifs is 1. The number of benzene rings is 1. The van der Waals surface area contributed by atoms with Crippen molar-refractivity contribution in [1.29, 1.82) is 0 Å².